The fraction of sp³-hybridized carbons (Fsp3) is 0.684. The zero-order valence-electron chi connectivity index (χ0n) is 13.2. The molecule has 1 aliphatic heterocycles. The number of benzene rings is 1. The summed E-state index contributed by atoms with van der Waals surface area (Å²) >= 11 is 0. The molecule has 0 spiro atoms. The molecule has 1 aliphatic carbocycles. The number of nitrogens with one attached hydrogen (secondary N) is 1. The molecular formula is C19H29N. The van der Waals surface area contributed by atoms with Crippen LogP contribution in [0.1, 0.15) is 62.6 Å². The molecule has 1 saturated heterocycles. The van der Waals surface area contributed by atoms with Crippen molar-refractivity contribution in [2.45, 2.75) is 70.8 Å². The Kier molecular flexibility index (Phi) is 4.16. The Morgan fingerprint density at radius 1 is 1.05 bits per heavy atom. The van der Waals surface area contributed by atoms with Crippen molar-refractivity contribution in [2.24, 2.45) is 5.92 Å². The summed E-state index contributed by atoms with van der Waals surface area (Å²) in [5.74, 6) is 0.703. The van der Waals surface area contributed by atoms with Crippen LogP contribution in [0.15, 0.2) is 18.2 Å². The van der Waals surface area contributed by atoms with Gasteiger partial charge in [0.2, 0.25) is 0 Å². The van der Waals surface area contributed by atoms with E-state index in [4.69, 9.17) is 0 Å². The van der Waals surface area contributed by atoms with Crippen LogP contribution in [0.5, 0.6) is 0 Å². The van der Waals surface area contributed by atoms with Crippen molar-refractivity contribution in [1.29, 1.82) is 0 Å². The van der Waals surface area contributed by atoms with E-state index in [-0.39, 0.29) is 0 Å². The van der Waals surface area contributed by atoms with Crippen molar-refractivity contribution in [3.05, 3.63) is 34.9 Å². The number of hydrogen-bond donors (Lipinski definition) is 1. The third-order valence-corrected chi connectivity index (χ3v) is 5.56. The van der Waals surface area contributed by atoms with Crippen molar-refractivity contribution in [1.82, 2.24) is 5.32 Å². The van der Waals surface area contributed by atoms with Crippen LogP contribution in [-0.4, -0.2) is 12.1 Å². The fourth-order valence-electron chi connectivity index (χ4n) is 4.12. The molecule has 1 nitrogen and oxygen atoms in total. The minimum absolute atomic E-state index is 0.323. The molecule has 1 aromatic rings. The quantitative estimate of drug-likeness (QED) is 0.865. The largest absolute Gasteiger partial charge is 0.311 e. The number of aryl methyl sites for hydroxylation is 2. The van der Waals surface area contributed by atoms with E-state index in [1.54, 1.807) is 16.7 Å². The second-order valence-corrected chi connectivity index (χ2v) is 7.18. The Morgan fingerprint density at radius 3 is 2.75 bits per heavy atom. The summed E-state index contributed by atoms with van der Waals surface area (Å²) in [5, 5.41) is 3.91. The van der Waals surface area contributed by atoms with Gasteiger partial charge >= 0.3 is 0 Å². The van der Waals surface area contributed by atoms with E-state index in [2.05, 4.69) is 37.4 Å². The van der Waals surface area contributed by atoms with Gasteiger partial charge in [0.1, 0.15) is 0 Å². The summed E-state index contributed by atoms with van der Waals surface area (Å²) < 4.78 is 0. The van der Waals surface area contributed by atoms with E-state index < -0.39 is 0 Å². The van der Waals surface area contributed by atoms with Crippen molar-refractivity contribution in [2.75, 3.05) is 6.54 Å². The molecule has 1 N–H and O–H groups in total. The maximum absolute atomic E-state index is 3.91. The van der Waals surface area contributed by atoms with Crippen LogP contribution >= 0.6 is 0 Å². The third-order valence-electron chi connectivity index (χ3n) is 5.56. The molecule has 0 aromatic heterocycles. The monoisotopic (exact) mass is 271 g/mol. The molecule has 110 valence electrons. The van der Waals surface area contributed by atoms with E-state index in [0.717, 1.165) is 0 Å². The van der Waals surface area contributed by atoms with Gasteiger partial charge in [-0.2, -0.15) is 0 Å². The van der Waals surface area contributed by atoms with Gasteiger partial charge in [0.05, 0.1) is 0 Å². The molecule has 1 fully saturated rings. The van der Waals surface area contributed by atoms with Gasteiger partial charge in [-0.05, 0) is 67.7 Å². The smallest absolute Gasteiger partial charge is 0.0244 e. The number of fused-ring (bicyclic) bond motifs is 1. The van der Waals surface area contributed by atoms with Crippen molar-refractivity contribution >= 4 is 0 Å². The topological polar surface area (TPSA) is 12.0 Å². The highest BCUT2D eigenvalue weighted by molar-refractivity contribution is 5.36. The first-order valence-corrected chi connectivity index (χ1v) is 8.55. The van der Waals surface area contributed by atoms with Gasteiger partial charge < -0.3 is 5.32 Å². The standard InChI is InChI=1S/C19H29N/c1-15(2)19(11-4-3-5-12-20-19)14-16-9-10-17-7-6-8-18(17)13-16/h9-10,13,15,20H,3-8,11-12,14H2,1-2H3. The van der Waals surface area contributed by atoms with Gasteiger partial charge in [0.25, 0.3) is 0 Å². The molecule has 0 bridgehead atoms. The second-order valence-electron chi connectivity index (χ2n) is 7.18. The Balaban J connectivity index is 1.82. The van der Waals surface area contributed by atoms with Gasteiger partial charge in [-0.1, -0.05) is 44.9 Å². The average Bonchev–Trinajstić information content (AvgIpc) is 2.76. The molecule has 0 radical (unpaired) electrons. The van der Waals surface area contributed by atoms with Crippen LogP contribution in [0.2, 0.25) is 0 Å². The first kappa shape index (κ1) is 14.1. The average molecular weight is 271 g/mol. The summed E-state index contributed by atoms with van der Waals surface area (Å²) in [5.41, 5.74) is 5.09. The summed E-state index contributed by atoms with van der Waals surface area (Å²) in [7, 11) is 0. The Bertz CT molecular complexity index is 453. The maximum atomic E-state index is 3.91. The summed E-state index contributed by atoms with van der Waals surface area (Å²) in [6.45, 7) is 5.99. The summed E-state index contributed by atoms with van der Waals surface area (Å²) in [6, 6.07) is 7.28. The van der Waals surface area contributed by atoms with Gasteiger partial charge in [0, 0.05) is 5.54 Å². The van der Waals surface area contributed by atoms with E-state index in [9.17, 15) is 0 Å². The molecule has 1 heteroatoms. The molecule has 0 saturated carbocycles. The minimum Gasteiger partial charge on any atom is -0.311 e. The SMILES string of the molecule is CC(C)C1(Cc2ccc3c(c2)CCC3)CCCCCN1. The highest BCUT2D eigenvalue weighted by atomic mass is 15.0. The van der Waals surface area contributed by atoms with Gasteiger partial charge in [-0.25, -0.2) is 0 Å². The Hall–Kier alpha value is -0.820. The third kappa shape index (κ3) is 2.79. The molecule has 3 rings (SSSR count). The lowest BCUT2D eigenvalue weighted by Gasteiger charge is -2.38. The maximum Gasteiger partial charge on any atom is 0.0244 e. The molecule has 20 heavy (non-hydrogen) atoms. The first-order chi connectivity index (χ1) is 9.70. The van der Waals surface area contributed by atoms with Crippen LogP contribution in [-0.2, 0) is 19.3 Å². The predicted octanol–water partition coefficient (Wildman–Crippen LogP) is 4.28. The summed E-state index contributed by atoms with van der Waals surface area (Å²) in [6.07, 6.45) is 10.6. The van der Waals surface area contributed by atoms with E-state index in [0.29, 0.717) is 11.5 Å². The zero-order valence-corrected chi connectivity index (χ0v) is 13.2. The van der Waals surface area contributed by atoms with Crippen molar-refractivity contribution < 1.29 is 0 Å². The summed E-state index contributed by atoms with van der Waals surface area (Å²) in [4.78, 5) is 0. The van der Waals surface area contributed by atoms with Crippen LogP contribution in [0.3, 0.4) is 0 Å². The number of hydrogen-bond acceptors (Lipinski definition) is 1. The van der Waals surface area contributed by atoms with E-state index >= 15 is 0 Å². The normalized spacial score (nSPS) is 26.6. The molecule has 2 aliphatic rings. The van der Waals surface area contributed by atoms with Crippen LogP contribution in [0, 0.1) is 5.92 Å². The molecular weight excluding hydrogens is 242 g/mol. The highest BCUT2D eigenvalue weighted by Crippen LogP contribution is 2.32. The van der Waals surface area contributed by atoms with Gasteiger partial charge in [0.15, 0.2) is 0 Å². The zero-order chi connectivity index (χ0) is 14.0. The van der Waals surface area contributed by atoms with Crippen molar-refractivity contribution in [3.63, 3.8) is 0 Å². The van der Waals surface area contributed by atoms with E-state index in [1.165, 1.54) is 57.9 Å². The molecule has 1 unspecified atom stereocenters. The van der Waals surface area contributed by atoms with E-state index in [1.807, 2.05) is 0 Å². The lowest BCUT2D eigenvalue weighted by atomic mass is 9.77. The van der Waals surface area contributed by atoms with Crippen LogP contribution in [0.25, 0.3) is 0 Å². The molecule has 1 aromatic carbocycles. The van der Waals surface area contributed by atoms with Crippen LogP contribution < -0.4 is 5.32 Å². The van der Waals surface area contributed by atoms with Crippen LogP contribution in [0.4, 0.5) is 0 Å². The second kappa shape index (κ2) is 5.89. The highest BCUT2D eigenvalue weighted by Gasteiger charge is 2.34. The Labute approximate surface area is 124 Å². The minimum atomic E-state index is 0.323. The molecule has 0 amide bonds. The van der Waals surface area contributed by atoms with Gasteiger partial charge in [-0.15, -0.1) is 0 Å². The lowest BCUT2D eigenvalue weighted by Crippen LogP contribution is -2.51. The lowest BCUT2D eigenvalue weighted by molar-refractivity contribution is 0.226. The molecule has 1 heterocycles. The predicted molar refractivity (Wildman–Crippen MR) is 86.2 cm³/mol. The fourth-order valence-corrected chi connectivity index (χ4v) is 4.12. The molecule has 1 atom stereocenters. The van der Waals surface area contributed by atoms with Crippen molar-refractivity contribution in [3.8, 4) is 0 Å². The van der Waals surface area contributed by atoms with Gasteiger partial charge in [-0.3, -0.25) is 0 Å². The first-order valence-electron chi connectivity index (χ1n) is 8.55. The number of rotatable bonds is 3. The Morgan fingerprint density at radius 2 is 1.90 bits per heavy atom.